The van der Waals surface area contributed by atoms with E-state index in [-0.39, 0.29) is 5.91 Å². The van der Waals surface area contributed by atoms with Gasteiger partial charge < -0.3 is 14.9 Å². The molecule has 1 amide bonds. The van der Waals surface area contributed by atoms with E-state index >= 15 is 0 Å². The Kier molecular flexibility index (Phi) is 3.85. The quantitative estimate of drug-likeness (QED) is 0.643. The van der Waals surface area contributed by atoms with Crippen LogP contribution in [0.15, 0.2) is 12.2 Å². The van der Waals surface area contributed by atoms with Crippen LogP contribution in [0, 0.1) is 0 Å². The number of nitrogens with zero attached hydrogens (tertiary/aromatic N) is 2. The van der Waals surface area contributed by atoms with Crippen LogP contribution in [0.5, 0.6) is 0 Å². The maximum absolute atomic E-state index is 11.5. The summed E-state index contributed by atoms with van der Waals surface area (Å²) in [6.07, 6.45) is 1.99. The molecule has 1 atom stereocenters. The summed E-state index contributed by atoms with van der Waals surface area (Å²) in [6.45, 7) is 4.18. The van der Waals surface area contributed by atoms with Gasteiger partial charge in [-0.15, -0.1) is 0 Å². The number of carbonyl (C=O) groups is 2. The second kappa shape index (κ2) is 4.93. The summed E-state index contributed by atoms with van der Waals surface area (Å²) < 4.78 is 0. The molecule has 1 saturated heterocycles. The fourth-order valence-corrected chi connectivity index (χ4v) is 1.50. The highest BCUT2D eigenvalue weighted by Crippen LogP contribution is 2.07. The lowest BCUT2D eigenvalue weighted by Gasteiger charge is -2.37. The average Bonchev–Trinajstić information content (AvgIpc) is 2.18. The SMILES string of the molecule is CC1CN(C(=O)/C=C\C(=O)O)CCN1C. The van der Waals surface area contributed by atoms with Gasteiger partial charge in [-0.3, -0.25) is 4.79 Å². The largest absolute Gasteiger partial charge is 0.478 e. The minimum Gasteiger partial charge on any atom is -0.478 e. The zero-order valence-corrected chi connectivity index (χ0v) is 9.01. The molecule has 0 spiro atoms. The van der Waals surface area contributed by atoms with Gasteiger partial charge >= 0.3 is 5.97 Å². The number of hydrogen-bond donors (Lipinski definition) is 1. The fraction of sp³-hybridized carbons (Fsp3) is 0.600. The Morgan fingerprint density at radius 1 is 1.33 bits per heavy atom. The molecule has 0 aromatic rings. The van der Waals surface area contributed by atoms with Gasteiger partial charge in [0.25, 0.3) is 0 Å². The fourth-order valence-electron chi connectivity index (χ4n) is 1.50. The molecule has 0 aliphatic carbocycles. The Morgan fingerprint density at radius 3 is 2.53 bits per heavy atom. The number of aliphatic carboxylic acids is 1. The number of amides is 1. The summed E-state index contributed by atoms with van der Waals surface area (Å²) in [5.41, 5.74) is 0. The summed E-state index contributed by atoms with van der Waals surface area (Å²) in [4.78, 5) is 25.6. The lowest BCUT2D eigenvalue weighted by Crippen LogP contribution is -2.51. The maximum Gasteiger partial charge on any atom is 0.328 e. The second-order valence-corrected chi connectivity index (χ2v) is 3.79. The molecule has 84 valence electrons. The monoisotopic (exact) mass is 212 g/mol. The van der Waals surface area contributed by atoms with Crippen molar-refractivity contribution in [3.8, 4) is 0 Å². The van der Waals surface area contributed by atoms with E-state index in [1.54, 1.807) is 4.90 Å². The molecule has 15 heavy (non-hydrogen) atoms. The topological polar surface area (TPSA) is 60.9 Å². The molecular formula is C10H16N2O3. The molecule has 5 heteroatoms. The number of piperazine rings is 1. The van der Waals surface area contributed by atoms with Gasteiger partial charge in [0.15, 0.2) is 0 Å². The first-order valence-corrected chi connectivity index (χ1v) is 4.91. The predicted molar refractivity (Wildman–Crippen MR) is 55.4 cm³/mol. The number of hydrogen-bond acceptors (Lipinski definition) is 3. The number of carboxylic acid groups (broad SMARTS) is 1. The van der Waals surface area contributed by atoms with Gasteiger partial charge in [-0.25, -0.2) is 4.79 Å². The Labute approximate surface area is 89.0 Å². The summed E-state index contributed by atoms with van der Waals surface area (Å²) in [5.74, 6) is -1.32. The van der Waals surface area contributed by atoms with Crippen molar-refractivity contribution in [2.75, 3.05) is 26.7 Å². The molecule has 5 nitrogen and oxygen atoms in total. The zero-order chi connectivity index (χ0) is 11.4. The molecule has 1 rings (SSSR count). The van der Waals surface area contributed by atoms with Crippen molar-refractivity contribution in [1.29, 1.82) is 0 Å². The number of likely N-dealkylation sites (N-methyl/N-ethyl adjacent to an activating group) is 1. The Hall–Kier alpha value is -1.36. The first kappa shape index (κ1) is 11.7. The highest BCUT2D eigenvalue weighted by molar-refractivity contribution is 5.93. The summed E-state index contributed by atoms with van der Waals surface area (Å²) in [5, 5.41) is 8.39. The minimum absolute atomic E-state index is 0.225. The molecule has 1 aliphatic heterocycles. The first-order valence-electron chi connectivity index (χ1n) is 4.91. The van der Waals surface area contributed by atoms with Gasteiger partial charge in [0.2, 0.25) is 5.91 Å². The molecule has 0 aromatic heterocycles. The molecular weight excluding hydrogens is 196 g/mol. The molecule has 1 heterocycles. The molecule has 0 aromatic carbocycles. The van der Waals surface area contributed by atoms with Crippen molar-refractivity contribution >= 4 is 11.9 Å². The van der Waals surface area contributed by atoms with E-state index in [1.807, 2.05) is 14.0 Å². The third-order valence-electron chi connectivity index (χ3n) is 2.64. The van der Waals surface area contributed by atoms with E-state index < -0.39 is 5.97 Å². The van der Waals surface area contributed by atoms with E-state index in [0.717, 1.165) is 18.7 Å². The zero-order valence-electron chi connectivity index (χ0n) is 9.01. The van der Waals surface area contributed by atoms with Crippen molar-refractivity contribution in [2.24, 2.45) is 0 Å². The van der Waals surface area contributed by atoms with Crippen LogP contribution in [-0.4, -0.2) is 59.5 Å². The summed E-state index contributed by atoms with van der Waals surface area (Å²) >= 11 is 0. The van der Waals surface area contributed by atoms with Gasteiger partial charge in [0, 0.05) is 37.8 Å². The Bertz CT molecular complexity index is 288. The van der Waals surface area contributed by atoms with Crippen LogP contribution in [0.4, 0.5) is 0 Å². The predicted octanol–water partition coefficient (Wildman–Crippen LogP) is -0.210. The highest BCUT2D eigenvalue weighted by atomic mass is 16.4. The van der Waals surface area contributed by atoms with E-state index in [9.17, 15) is 9.59 Å². The van der Waals surface area contributed by atoms with Crippen molar-refractivity contribution in [3.63, 3.8) is 0 Å². The van der Waals surface area contributed by atoms with Gasteiger partial charge in [-0.05, 0) is 14.0 Å². The lowest BCUT2D eigenvalue weighted by molar-refractivity contribution is -0.132. The molecule has 1 fully saturated rings. The van der Waals surface area contributed by atoms with Crippen LogP contribution >= 0.6 is 0 Å². The lowest BCUT2D eigenvalue weighted by atomic mass is 10.2. The summed E-state index contributed by atoms with van der Waals surface area (Å²) in [7, 11) is 2.01. The van der Waals surface area contributed by atoms with Gasteiger partial charge in [-0.1, -0.05) is 0 Å². The third kappa shape index (κ3) is 3.36. The van der Waals surface area contributed by atoms with Gasteiger partial charge in [0.1, 0.15) is 0 Å². The smallest absolute Gasteiger partial charge is 0.328 e. The van der Waals surface area contributed by atoms with E-state index in [4.69, 9.17) is 5.11 Å². The Morgan fingerprint density at radius 2 is 2.00 bits per heavy atom. The van der Waals surface area contributed by atoms with Crippen LogP contribution < -0.4 is 0 Å². The second-order valence-electron chi connectivity index (χ2n) is 3.79. The highest BCUT2D eigenvalue weighted by Gasteiger charge is 2.22. The Balaban J connectivity index is 2.51. The van der Waals surface area contributed by atoms with E-state index in [0.29, 0.717) is 19.1 Å². The first-order chi connectivity index (χ1) is 7.00. The van der Waals surface area contributed by atoms with Crippen LogP contribution in [0.1, 0.15) is 6.92 Å². The molecule has 0 saturated carbocycles. The standard InChI is InChI=1S/C10H16N2O3/c1-8-7-12(6-5-11(8)2)9(13)3-4-10(14)15/h3-4,8H,5-7H2,1-2H3,(H,14,15)/b4-3-. The third-order valence-corrected chi connectivity index (χ3v) is 2.64. The van der Waals surface area contributed by atoms with Crippen molar-refractivity contribution in [2.45, 2.75) is 13.0 Å². The molecule has 1 N–H and O–H groups in total. The summed E-state index contributed by atoms with van der Waals surface area (Å²) in [6, 6.07) is 0.320. The molecule has 1 unspecified atom stereocenters. The van der Waals surface area contributed by atoms with Crippen molar-refractivity contribution in [3.05, 3.63) is 12.2 Å². The van der Waals surface area contributed by atoms with Gasteiger partial charge in [-0.2, -0.15) is 0 Å². The van der Waals surface area contributed by atoms with E-state index in [2.05, 4.69) is 4.90 Å². The van der Waals surface area contributed by atoms with Crippen LogP contribution in [0.2, 0.25) is 0 Å². The normalized spacial score (nSPS) is 23.3. The number of carboxylic acids is 1. The van der Waals surface area contributed by atoms with Gasteiger partial charge in [0.05, 0.1) is 0 Å². The van der Waals surface area contributed by atoms with Crippen LogP contribution in [-0.2, 0) is 9.59 Å². The molecule has 0 bridgehead atoms. The maximum atomic E-state index is 11.5. The van der Waals surface area contributed by atoms with Crippen LogP contribution in [0.25, 0.3) is 0 Å². The number of carbonyl (C=O) groups excluding carboxylic acids is 1. The van der Waals surface area contributed by atoms with Crippen LogP contribution in [0.3, 0.4) is 0 Å². The van der Waals surface area contributed by atoms with Crippen molar-refractivity contribution in [1.82, 2.24) is 9.80 Å². The number of rotatable bonds is 2. The average molecular weight is 212 g/mol. The molecule has 0 radical (unpaired) electrons. The van der Waals surface area contributed by atoms with E-state index in [1.165, 1.54) is 0 Å². The van der Waals surface area contributed by atoms with Crippen molar-refractivity contribution < 1.29 is 14.7 Å². The minimum atomic E-state index is -1.09. The molecule has 1 aliphatic rings.